The van der Waals surface area contributed by atoms with Gasteiger partial charge in [-0.1, -0.05) is 12.1 Å². The van der Waals surface area contributed by atoms with Crippen LogP contribution >= 0.6 is 0 Å². The topological polar surface area (TPSA) is 81.7 Å². The van der Waals surface area contributed by atoms with E-state index >= 15 is 0 Å². The lowest BCUT2D eigenvalue weighted by atomic mass is 10.1. The molecule has 0 aliphatic carbocycles. The zero-order chi connectivity index (χ0) is 15.8. The molecule has 0 bridgehead atoms. The summed E-state index contributed by atoms with van der Waals surface area (Å²) in [7, 11) is 0. The van der Waals surface area contributed by atoms with Gasteiger partial charge in [0.15, 0.2) is 0 Å². The van der Waals surface area contributed by atoms with Gasteiger partial charge in [-0.15, -0.1) is 0 Å². The van der Waals surface area contributed by atoms with E-state index < -0.39 is 0 Å². The molecule has 6 heteroatoms. The van der Waals surface area contributed by atoms with Gasteiger partial charge in [0.05, 0.1) is 6.54 Å². The predicted octanol–water partition coefficient (Wildman–Crippen LogP) is 1.25. The molecular weight excluding hydrogens is 282 g/mol. The number of aromatic hydroxyl groups is 1. The van der Waals surface area contributed by atoms with Crippen LogP contribution in [-0.2, 0) is 11.2 Å². The Labute approximate surface area is 130 Å². The Kier molecular flexibility index (Phi) is 6.06. The van der Waals surface area contributed by atoms with Crippen molar-refractivity contribution in [3.63, 3.8) is 0 Å². The number of phenols is 1. The van der Waals surface area contributed by atoms with Crippen LogP contribution in [0, 0.1) is 0 Å². The van der Waals surface area contributed by atoms with Gasteiger partial charge in [-0.05, 0) is 43.4 Å². The Bertz CT molecular complexity index is 513. The van der Waals surface area contributed by atoms with Crippen molar-refractivity contribution in [1.82, 2.24) is 15.5 Å². The SMILES string of the molecule is O=C(NCCc1cccc(O)c1)NCC(=O)N1CCCCC1. The van der Waals surface area contributed by atoms with Gasteiger partial charge >= 0.3 is 6.03 Å². The molecule has 0 aromatic heterocycles. The van der Waals surface area contributed by atoms with Gasteiger partial charge in [0, 0.05) is 19.6 Å². The fourth-order valence-corrected chi connectivity index (χ4v) is 2.51. The van der Waals surface area contributed by atoms with Crippen molar-refractivity contribution in [1.29, 1.82) is 0 Å². The van der Waals surface area contributed by atoms with Gasteiger partial charge in [-0.3, -0.25) is 4.79 Å². The van der Waals surface area contributed by atoms with Gasteiger partial charge in [0.25, 0.3) is 0 Å². The second-order valence-electron chi connectivity index (χ2n) is 5.47. The number of carbonyl (C=O) groups excluding carboxylic acids is 2. The zero-order valence-corrected chi connectivity index (χ0v) is 12.7. The van der Waals surface area contributed by atoms with Crippen molar-refractivity contribution < 1.29 is 14.7 Å². The molecule has 1 aliphatic heterocycles. The summed E-state index contributed by atoms with van der Waals surface area (Å²) in [6.07, 6.45) is 3.89. The van der Waals surface area contributed by atoms with Crippen molar-refractivity contribution in [2.24, 2.45) is 0 Å². The lowest BCUT2D eigenvalue weighted by Crippen LogP contribution is -2.45. The molecule has 6 nitrogen and oxygen atoms in total. The number of urea groups is 1. The minimum atomic E-state index is -0.342. The van der Waals surface area contributed by atoms with Crippen molar-refractivity contribution in [2.75, 3.05) is 26.2 Å². The van der Waals surface area contributed by atoms with Gasteiger partial charge < -0.3 is 20.6 Å². The van der Waals surface area contributed by atoms with Gasteiger partial charge in [0.2, 0.25) is 5.91 Å². The minimum absolute atomic E-state index is 0.0252. The van der Waals surface area contributed by atoms with Gasteiger partial charge in [0.1, 0.15) is 5.75 Å². The molecule has 120 valence electrons. The van der Waals surface area contributed by atoms with E-state index in [1.54, 1.807) is 23.1 Å². The molecule has 1 saturated heterocycles. The first-order valence-corrected chi connectivity index (χ1v) is 7.72. The molecule has 1 heterocycles. The number of phenolic OH excluding ortho intramolecular Hbond substituents is 1. The lowest BCUT2D eigenvalue weighted by Gasteiger charge is -2.26. The maximum atomic E-state index is 11.9. The number of benzene rings is 1. The summed E-state index contributed by atoms with van der Waals surface area (Å²) in [5.74, 6) is 0.192. The van der Waals surface area contributed by atoms with E-state index in [9.17, 15) is 14.7 Å². The minimum Gasteiger partial charge on any atom is -0.508 e. The number of piperidine rings is 1. The highest BCUT2D eigenvalue weighted by Gasteiger charge is 2.16. The monoisotopic (exact) mass is 305 g/mol. The number of hydrogen-bond donors (Lipinski definition) is 3. The summed E-state index contributed by atoms with van der Waals surface area (Å²) < 4.78 is 0. The van der Waals surface area contributed by atoms with Crippen LogP contribution in [0.3, 0.4) is 0 Å². The summed E-state index contributed by atoms with van der Waals surface area (Å²) in [6.45, 7) is 2.07. The summed E-state index contributed by atoms with van der Waals surface area (Å²) in [4.78, 5) is 25.3. The van der Waals surface area contributed by atoms with E-state index in [2.05, 4.69) is 10.6 Å². The molecule has 2 rings (SSSR count). The number of nitrogens with zero attached hydrogens (tertiary/aromatic N) is 1. The number of carbonyl (C=O) groups is 2. The highest BCUT2D eigenvalue weighted by atomic mass is 16.3. The first kappa shape index (κ1) is 16.1. The summed E-state index contributed by atoms with van der Waals surface area (Å²) in [5.41, 5.74) is 0.949. The molecule has 0 atom stereocenters. The fraction of sp³-hybridized carbons (Fsp3) is 0.500. The number of likely N-dealkylation sites (tertiary alicyclic amines) is 1. The van der Waals surface area contributed by atoms with E-state index in [1.165, 1.54) is 6.42 Å². The van der Waals surface area contributed by atoms with Crippen molar-refractivity contribution in [3.05, 3.63) is 29.8 Å². The van der Waals surface area contributed by atoms with Crippen LogP contribution in [0.4, 0.5) is 4.79 Å². The van der Waals surface area contributed by atoms with Crippen LogP contribution in [0.25, 0.3) is 0 Å². The number of rotatable bonds is 5. The van der Waals surface area contributed by atoms with E-state index in [-0.39, 0.29) is 24.2 Å². The number of nitrogens with one attached hydrogen (secondary N) is 2. The molecule has 1 aromatic carbocycles. The van der Waals surface area contributed by atoms with Crippen molar-refractivity contribution in [2.45, 2.75) is 25.7 Å². The second kappa shape index (κ2) is 8.26. The molecule has 3 N–H and O–H groups in total. The van der Waals surface area contributed by atoms with Crippen LogP contribution < -0.4 is 10.6 Å². The van der Waals surface area contributed by atoms with Crippen LogP contribution in [0.5, 0.6) is 5.75 Å². The third kappa shape index (κ3) is 5.27. The largest absolute Gasteiger partial charge is 0.508 e. The highest BCUT2D eigenvalue weighted by molar-refractivity contribution is 5.84. The second-order valence-corrected chi connectivity index (χ2v) is 5.47. The van der Waals surface area contributed by atoms with Crippen LogP contribution in [-0.4, -0.2) is 48.1 Å². The molecule has 3 amide bonds. The Hall–Kier alpha value is -2.24. The molecule has 1 fully saturated rings. The average Bonchev–Trinajstić information content (AvgIpc) is 2.53. The standard InChI is InChI=1S/C16H23N3O3/c20-14-6-4-5-13(11-14)7-8-17-16(22)18-12-15(21)19-9-2-1-3-10-19/h4-6,11,20H,1-3,7-10,12H2,(H2,17,18,22). The van der Waals surface area contributed by atoms with E-state index in [0.717, 1.165) is 31.5 Å². The van der Waals surface area contributed by atoms with E-state index in [1.807, 2.05) is 6.07 Å². The van der Waals surface area contributed by atoms with Crippen LogP contribution in [0.2, 0.25) is 0 Å². The third-order valence-corrected chi connectivity index (χ3v) is 3.72. The Morgan fingerprint density at radius 2 is 1.91 bits per heavy atom. The molecule has 0 unspecified atom stereocenters. The zero-order valence-electron chi connectivity index (χ0n) is 12.7. The first-order chi connectivity index (χ1) is 10.6. The summed E-state index contributed by atoms with van der Waals surface area (Å²) in [5, 5.41) is 14.6. The number of hydrogen-bond acceptors (Lipinski definition) is 3. The lowest BCUT2D eigenvalue weighted by molar-refractivity contribution is -0.130. The molecule has 0 radical (unpaired) electrons. The predicted molar refractivity (Wildman–Crippen MR) is 83.6 cm³/mol. The first-order valence-electron chi connectivity index (χ1n) is 7.72. The maximum Gasteiger partial charge on any atom is 0.315 e. The molecular formula is C16H23N3O3. The third-order valence-electron chi connectivity index (χ3n) is 3.72. The molecule has 0 saturated carbocycles. The number of amides is 3. The average molecular weight is 305 g/mol. The molecule has 22 heavy (non-hydrogen) atoms. The maximum absolute atomic E-state index is 11.9. The van der Waals surface area contributed by atoms with E-state index in [0.29, 0.717) is 13.0 Å². The normalized spacial score (nSPS) is 14.5. The Morgan fingerprint density at radius 3 is 2.64 bits per heavy atom. The quantitative estimate of drug-likeness (QED) is 0.765. The fourth-order valence-electron chi connectivity index (χ4n) is 2.51. The molecule has 1 aliphatic rings. The van der Waals surface area contributed by atoms with Crippen LogP contribution in [0.15, 0.2) is 24.3 Å². The van der Waals surface area contributed by atoms with Gasteiger partial charge in [-0.25, -0.2) is 4.79 Å². The van der Waals surface area contributed by atoms with Crippen molar-refractivity contribution in [3.8, 4) is 5.75 Å². The highest BCUT2D eigenvalue weighted by Crippen LogP contribution is 2.10. The molecule has 0 spiro atoms. The van der Waals surface area contributed by atoms with E-state index in [4.69, 9.17) is 0 Å². The van der Waals surface area contributed by atoms with Crippen LogP contribution in [0.1, 0.15) is 24.8 Å². The van der Waals surface area contributed by atoms with Crippen molar-refractivity contribution >= 4 is 11.9 Å². The smallest absolute Gasteiger partial charge is 0.315 e. The Morgan fingerprint density at radius 1 is 1.14 bits per heavy atom. The molecule has 1 aromatic rings. The summed E-state index contributed by atoms with van der Waals surface area (Å²) >= 11 is 0. The Balaban J connectivity index is 1.62. The summed E-state index contributed by atoms with van der Waals surface area (Å²) in [6, 6.07) is 6.58. The van der Waals surface area contributed by atoms with Gasteiger partial charge in [-0.2, -0.15) is 0 Å².